The molecule has 0 saturated heterocycles. The van der Waals surface area contributed by atoms with Crippen molar-refractivity contribution in [1.82, 2.24) is 25.1 Å². The van der Waals surface area contributed by atoms with Crippen LogP contribution < -0.4 is 38.1 Å². The van der Waals surface area contributed by atoms with Crippen molar-refractivity contribution in [2.75, 3.05) is 17.2 Å². The lowest BCUT2D eigenvalue weighted by molar-refractivity contribution is -0.158. The average molecular weight is 631 g/mol. The van der Waals surface area contributed by atoms with Gasteiger partial charge in [0, 0.05) is 26.5 Å². The Morgan fingerprint density at radius 2 is 1.24 bits per heavy atom. The van der Waals surface area contributed by atoms with Crippen molar-refractivity contribution in [2.24, 2.45) is 30.6 Å². The Balaban J connectivity index is 1.96. The number of hydrogen-bond donors (Lipinski definition) is 7. The summed E-state index contributed by atoms with van der Waals surface area (Å²) in [5, 5.41) is 12.8. The number of hydrogen-bond acceptors (Lipinski definition) is 8. The molecule has 0 aliphatic heterocycles. The normalized spacial score (nSPS) is 13.0. The molecule has 246 valence electrons. The van der Waals surface area contributed by atoms with E-state index in [1.54, 1.807) is 34.9 Å². The lowest BCUT2D eigenvalue weighted by atomic mass is 10.2. The van der Waals surface area contributed by atoms with Gasteiger partial charge in [0.05, 0.1) is 11.4 Å². The fraction of sp³-hybridized carbons (Fsp3) is 0.464. The van der Waals surface area contributed by atoms with Crippen molar-refractivity contribution in [3.05, 3.63) is 35.9 Å². The van der Waals surface area contributed by atoms with Gasteiger partial charge in [0.25, 0.3) is 11.8 Å². The molecule has 2 aromatic heterocycles. The Morgan fingerprint density at radius 1 is 0.778 bits per heavy atom. The number of rotatable bonds is 12. The topological polar surface area (TPSA) is 246 Å². The zero-order valence-electron chi connectivity index (χ0n) is 26.6. The molecule has 0 aliphatic carbocycles. The molecule has 17 heteroatoms. The number of guanidine groups is 1. The Labute approximate surface area is 260 Å². The van der Waals surface area contributed by atoms with E-state index in [0.29, 0.717) is 11.4 Å². The third-order valence-corrected chi connectivity index (χ3v) is 6.03. The Morgan fingerprint density at radius 3 is 1.76 bits per heavy atom. The molecule has 2 rings (SSSR count). The third-order valence-electron chi connectivity index (χ3n) is 6.03. The molecule has 9 N–H and O–H groups in total. The van der Waals surface area contributed by atoms with Gasteiger partial charge in [0.15, 0.2) is 5.96 Å². The van der Waals surface area contributed by atoms with Gasteiger partial charge in [-0.25, -0.2) is 9.79 Å². The fourth-order valence-electron chi connectivity index (χ4n) is 3.80. The van der Waals surface area contributed by atoms with Crippen molar-refractivity contribution >= 4 is 52.8 Å². The predicted octanol–water partition coefficient (Wildman–Crippen LogP) is -0.703. The molecule has 2 aromatic rings. The summed E-state index contributed by atoms with van der Waals surface area (Å²) >= 11 is 0. The largest absolute Gasteiger partial charge is 0.458 e. The van der Waals surface area contributed by atoms with Crippen LogP contribution in [0.15, 0.2) is 29.5 Å². The molecular formula is C28H42N10O7. The molecule has 2 heterocycles. The van der Waals surface area contributed by atoms with Gasteiger partial charge in [-0.3, -0.25) is 24.0 Å². The zero-order valence-corrected chi connectivity index (χ0v) is 26.6. The highest BCUT2D eigenvalue weighted by atomic mass is 16.6. The summed E-state index contributed by atoms with van der Waals surface area (Å²) in [6.45, 7) is 9.17. The number of carbonyl (C=O) groups is 6. The van der Waals surface area contributed by atoms with Crippen molar-refractivity contribution < 1.29 is 33.5 Å². The van der Waals surface area contributed by atoms with Crippen molar-refractivity contribution in [2.45, 2.75) is 65.3 Å². The van der Waals surface area contributed by atoms with Crippen LogP contribution >= 0.6 is 0 Å². The van der Waals surface area contributed by atoms with Crippen LogP contribution in [0, 0.1) is 0 Å². The van der Waals surface area contributed by atoms with Crippen LogP contribution in [0.4, 0.5) is 11.4 Å². The quantitative estimate of drug-likeness (QED) is 0.0888. The van der Waals surface area contributed by atoms with Gasteiger partial charge in [-0.05, 0) is 53.7 Å². The van der Waals surface area contributed by atoms with Crippen molar-refractivity contribution in [3.8, 4) is 0 Å². The van der Waals surface area contributed by atoms with Crippen LogP contribution in [0.25, 0.3) is 0 Å². The van der Waals surface area contributed by atoms with E-state index in [-0.39, 0.29) is 23.9 Å². The van der Waals surface area contributed by atoms with Gasteiger partial charge in [-0.1, -0.05) is 0 Å². The monoisotopic (exact) mass is 630 g/mol. The number of aliphatic imine (C=N–C) groups is 1. The number of aryl methyl sites for hydroxylation is 2. The van der Waals surface area contributed by atoms with Crippen LogP contribution in [0.5, 0.6) is 0 Å². The van der Waals surface area contributed by atoms with Crippen LogP contribution in [0.2, 0.25) is 0 Å². The summed E-state index contributed by atoms with van der Waals surface area (Å²) in [4.78, 5) is 78.7. The van der Waals surface area contributed by atoms with Gasteiger partial charge >= 0.3 is 5.97 Å². The van der Waals surface area contributed by atoms with Crippen molar-refractivity contribution in [1.29, 1.82) is 0 Å². The molecule has 0 spiro atoms. The highest BCUT2D eigenvalue weighted by molar-refractivity contribution is 6.06. The highest BCUT2D eigenvalue weighted by Crippen LogP contribution is 2.18. The van der Waals surface area contributed by atoms with E-state index < -0.39 is 59.2 Å². The summed E-state index contributed by atoms with van der Waals surface area (Å²) in [7, 11) is 3.20. The number of esters is 1. The molecule has 5 amide bonds. The first-order valence-electron chi connectivity index (χ1n) is 13.9. The van der Waals surface area contributed by atoms with Gasteiger partial charge in [0.1, 0.15) is 41.7 Å². The van der Waals surface area contributed by atoms with Crippen LogP contribution in [-0.2, 0) is 38.0 Å². The minimum Gasteiger partial charge on any atom is -0.458 e. The maximum Gasteiger partial charge on any atom is 0.328 e. The van der Waals surface area contributed by atoms with Gasteiger partial charge in [-0.2, -0.15) is 0 Å². The summed E-state index contributed by atoms with van der Waals surface area (Å²) < 4.78 is 8.20. The standard InChI is InChI=1S/C28H42N10O7/c1-14(23(41)34-16(3)26(44)45-28(4,5)6)32-22(40)15(2)33-24(42)19-10-18(13-38(19)8)36-25(43)20-9-17(12-37(20)7)35-21(39)11-31-27(29)30/h9-10,12-16H,11H2,1-8H3,(H,32,40)(H,33,42)(H,34,41)(H,35,39)(H,36,43)(H4,29,30,31)/t14-,15-,16-/m0/s1. The molecule has 0 bridgehead atoms. The SMILES string of the molecule is C[C@H](NC(=O)c1cc(NC(=O)c2cc(NC(=O)CN=C(N)N)cn2C)cn1C)C(=O)N[C@@H](C)C(=O)N[C@@H](C)C(=O)OC(C)(C)C. The average Bonchev–Trinajstić information content (AvgIpc) is 3.47. The molecule has 3 atom stereocenters. The Kier molecular flexibility index (Phi) is 11.9. The van der Waals surface area contributed by atoms with E-state index in [4.69, 9.17) is 16.2 Å². The first kappa shape index (κ1) is 35.8. The molecule has 0 radical (unpaired) electrons. The fourth-order valence-corrected chi connectivity index (χ4v) is 3.80. The number of anilines is 2. The summed E-state index contributed by atoms with van der Waals surface area (Å²) in [5.74, 6) is -3.69. The smallest absolute Gasteiger partial charge is 0.328 e. The van der Waals surface area contributed by atoms with E-state index in [0.717, 1.165) is 0 Å². The Hall–Kier alpha value is -5.35. The first-order chi connectivity index (χ1) is 20.8. The molecule has 0 fully saturated rings. The summed E-state index contributed by atoms with van der Waals surface area (Å²) in [5.41, 5.74) is 10.7. The number of ether oxygens (including phenoxy) is 1. The van der Waals surface area contributed by atoms with E-state index in [2.05, 4.69) is 31.6 Å². The molecule has 0 aromatic carbocycles. The van der Waals surface area contributed by atoms with Crippen LogP contribution in [-0.4, -0.2) is 80.9 Å². The van der Waals surface area contributed by atoms with Gasteiger partial charge in [0.2, 0.25) is 17.7 Å². The van der Waals surface area contributed by atoms with Crippen LogP contribution in [0.1, 0.15) is 62.5 Å². The molecule has 45 heavy (non-hydrogen) atoms. The van der Waals surface area contributed by atoms with E-state index in [1.807, 2.05) is 0 Å². The second kappa shape index (κ2) is 14.9. The van der Waals surface area contributed by atoms with Crippen LogP contribution in [0.3, 0.4) is 0 Å². The highest BCUT2D eigenvalue weighted by Gasteiger charge is 2.27. The minimum atomic E-state index is -1.03. The van der Waals surface area contributed by atoms with Gasteiger partial charge < -0.3 is 51.9 Å². The lowest BCUT2D eigenvalue weighted by Crippen LogP contribution is -2.54. The van der Waals surface area contributed by atoms with Crippen molar-refractivity contribution in [3.63, 3.8) is 0 Å². The molecule has 0 saturated carbocycles. The maximum atomic E-state index is 12.9. The lowest BCUT2D eigenvalue weighted by Gasteiger charge is -2.24. The second-order valence-corrected chi connectivity index (χ2v) is 11.4. The minimum absolute atomic E-state index is 0.140. The summed E-state index contributed by atoms with van der Waals surface area (Å²) in [6.07, 6.45) is 3.04. The van der Waals surface area contributed by atoms with E-state index in [9.17, 15) is 28.8 Å². The number of aromatic nitrogens is 2. The predicted molar refractivity (Wildman–Crippen MR) is 166 cm³/mol. The Bertz CT molecular complexity index is 1480. The van der Waals surface area contributed by atoms with E-state index in [1.165, 1.54) is 54.4 Å². The first-order valence-corrected chi connectivity index (χ1v) is 13.9. The number of nitrogens with two attached hydrogens (primary N) is 2. The number of amides is 5. The maximum absolute atomic E-state index is 12.9. The molecule has 17 nitrogen and oxygen atoms in total. The zero-order chi connectivity index (χ0) is 34.2. The third kappa shape index (κ3) is 11.0. The molecular weight excluding hydrogens is 588 g/mol. The number of nitrogens with one attached hydrogen (secondary N) is 5. The number of carbonyl (C=O) groups excluding carboxylic acids is 6. The van der Waals surface area contributed by atoms with Gasteiger partial charge in [-0.15, -0.1) is 0 Å². The summed E-state index contributed by atoms with van der Waals surface area (Å²) in [6, 6.07) is -0.103. The number of nitrogens with zero attached hydrogens (tertiary/aromatic N) is 3. The second-order valence-electron chi connectivity index (χ2n) is 11.4. The molecule has 0 aliphatic rings. The van der Waals surface area contributed by atoms with E-state index >= 15 is 0 Å². The molecule has 0 unspecified atom stereocenters.